The highest BCUT2D eigenvalue weighted by molar-refractivity contribution is 5.94. The average molecular weight is 287 g/mol. The molecule has 4 nitrogen and oxygen atoms in total. The Kier molecular flexibility index (Phi) is 4.44. The molecule has 0 spiro atoms. The summed E-state index contributed by atoms with van der Waals surface area (Å²) >= 11 is 0. The number of amidine groups is 1. The third-order valence-electron chi connectivity index (χ3n) is 4.92. The molecule has 3 N–H and O–H groups in total. The molecule has 2 unspecified atom stereocenters. The minimum absolute atomic E-state index is 0.0992. The number of piperidine rings is 1. The van der Waals surface area contributed by atoms with Gasteiger partial charge in [0.25, 0.3) is 0 Å². The molecule has 0 aromatic heterocycles. The van der Waals surface area contributed by atoms with Crippen molar-refractivity contribution in [2.24, 2.45) is 11.7 Å². The van der Waals surface area contributed by atoms with E-state index in [1.807, 2.05) is 24.3 Å². The van der Waals surface area contributed by atoms with Crippen molar-refractivity contribution in [1.82, 2.24) is 4.90 Å². The lowest BCUT2D eigenvalue weighted by atomic mass is 9.92. The standard InChI is InChI=1S/C17H25N3O/c18-17(19)14-6-8-15(9-7-14)21-12-11-20-10-2-4-13-3-1-5-16(13)20/h6-9,13,16H,1-5,10-12H2,(H3,18,19). The van der Waals surface area contributed by atoms with Crippen LogP contribution in [0, 0.1) is 11.3 Å². The van der Waals surface area contributed by atoms with Gasteiger partial charge in [0.2, 0.25) is 0 Å². The van der Waals surface area contributed by atoms with Gasteiger partial charge in [0.1, 0.15) is 18.2 Å². The number of hydrogen-bond acceptors (Lipinski definition) is 3. The van der Waals surface area contributed by atoms with Gasteiger partial charge in [0.05, 0.1) is 0 Å². The number of rotatable bonds is 5. The number of nitrogens with one attached hydrogen (secondary N) is 1. The van der Waals surface area contributed by atoms with Crippen molar-refractivity contribution in [1.29, 1.82) is 5.41 Å². The van der Waals surface area contributed by atoms with Gasteiger partial charge in [0, 0.05) is 18.2 Å². The number of nitrogens with zero attached hydrogens (tertiary/aromatic N) is 1. The van der Waals surface area contributed by atoms with Crippen molar-refractivity contribution < 1.29 is 4.74 Å². The number of ether oxygens (including phenoxy) is 1. The van der Waals surface area contributed by atoms with Crippen molar-refractivity contribution in [3.63, 3.8) is 0 Å². The lowest BCUT2D eigenvalue weighted by Gasteiger charge is -2.37. The second kappa shape index (κ2) is 6.48. The number of fused-ring (bicyclic) bond motifs is 1. The molecule has 4 heteroatoms. The lowest BCUT2D eigenvalue weighted by molar-refractivity contribution is 0.0951. The maximum absolute atomic E-state index is 7.38. The molecule has 1 aromatic carbocycles. The molecule has 2 aliphatic rings. The predicted octanol–water partition coefficient (Wildman–Crippen LogP) is 2.61. The monoisotopic (exact) mass is 287 g/mol. The number of nitrogens with two attached hydrogens (primary N) is 1. The highest BCUT2D eigenvalue weighted by Gasteiger charge is 2.34. The van der Waals surface area contributed by atoms with Crippen LogP contribution in [0.4, 0.5) is 0 Å². The van der Waals surface area contributed by atoms with Crippen molar-refractivity contribution in [3.8, 4) is 5.75 Å². The second-order valence-corrected chi connectivity index (χ2v) is 6.22. The van der Waals surface area contributed by atoms with Gasteiger partial charge in [-0.1, -0.05) is 6.42 Å². The van der Waals surface area contributed by atoms with Gasteiger partial charge in [-0.2, -0.15) is 0 Å². The maximum atomic E-state index is 7.38. The summed E-state index contributed by atoms with van der Waals surface area (Å²) in [6, 6.07) is 8.27. The summed E-state index contributed by atoms with van der Waals surface area (Å²) in [5, 5.41) is 7.38. The molecule has 1 saturated carbocycles. The summed E-state index contributed by atoms with van der Waals surface area (Å²) in [5.74, 6) is 1.90. The fourth-order valence-electron chi connectivity index (χ4n) is 3.85. The van der Waals surface area contributed by atoms with E-state index in [0.717, 1.165) is 36.4 Å². The van der Waals surface area contributed by atoms with Crippen molar-refractivity contribution in [2.75, 3.05) is 19.7 Å². The molecule has 1 aromatic rings. The summed E-state index contributed by atoms with van der Waals surface area (Å²) in [6.07, 6.45) is 6.97. The first-order chi connectivity index (χ1) is 10.2. The van der Waals surface area contributed by atoms with Crippen LogP contribution >= 0.6 is 0 Å². The Bertz CT molecular complexity index is 485. The quantitative estimate of drug-likeness (QED) is 0.646. The maximum Gasteiger partial charge on any atom is 0.122 e. The van der Waals surface area contributed by atoms with Crippen LogP contribution in [0.25, 0.3) is 0 Å². The van der Waals surface area contributed by atoms with Crippen LogP contribution in [-0.4, -0.2) is 36.5 Å². The van der Waals surface area contributed by atoms with E-state index in [4.69, 9.17) is 15.9 Å². The summed E-state index contributed by atoms with van der Waals surface area (Å²) in [7, 11) is 0. The second-order valence-electron chi connectivity index (χ2n) is 6.22. The van der Waals surface area contributed by atoms with E-state index in [1.54, 1.807) is 0 Å². The Morgan fingerprint density at radius 2 is 1.95 bits per heavy atom. The molecule has 2 fully saturated rings. The Morgan fingerprint density at radius 3 is 2.71 bits per heavy atom. The van der Waals surface area contributed by atoms with Gasteiger partial charge in [0.15, 0.2) is 0 Å². The number of hydrogen-bond donors (Lipinski definition) is 2. The minimum atomic E-state index is 0.0992. The van der Waals surface area contributed by atoms with Crippen LogP contribution in [0.3, 0.4) is 0 Å². The molecule has 114 valence electrons. The molecule has 0 radical (unpaired) electrons. The fourth-order valence-corrected chi connectivity index (χ4v) is 3.85. The zero-order valence-electron chi connectivity index (χ0n) is 12.6. The van der Waals surface area contributed by atoms with Gasteiger partial charge in [-0.15, -0.1) is 0 Å². The number of nitrogen functional groups attached to an aromatic ring is 1. The first kappa shape index (κ1) is 14.4. The van der Waals surface area contributed by atoms with Crippen LogP contribution in [0.1, 0.15) is 37.7 Å². The summed E-state index contributed by atoms with van der Waals surface area (Å²) in [4.78, 5) is 2.63. The highest BCUT2D eigenvalue weighted by Crippen LogP contribution is 2.36. The van der Waals surface area contributed by atoms with E-state index in [1.165, 1.54) is 38.6 Å². The van der Waals surface area contributed by atoms with E-state index >= 15 is 0 Å². The first-order valence-corrected chi connectivity index (χ1v) is 8.05. The minimum Gasteiger partial charge on any atom is -0.492 e. The van der Waals surface area contributed by atoms with Crippen molar-refractivity contribution >= 4 is 5.84 Å². The number of likely N-dealkylation sites (tertiary alicyclic amines) is 1. The molecule has 3 rings (SSSR count). The predicted molar refractivity (Wildman–Crippen MR) is 84.9 cm³/mol. The van der Waals surface area contributed by atoms with Gasteiger partial charge in [-0.25, -0.2) is 0 Å². The van der Waals surface area contributed by atoms with Crippen LogP contribution in [0.15, 0.2) is 24.3 Å². The van der Waals surface area contributed by atoms with Crippen LogP contribution in [0.2, 0.25) is 0 Å². The van der Waals surface area contributed by atoms with Gasteiger partial charge in [-0.3, -0.25) is 10.3 Å². The molecular weight excluding hydrogens is 262 g/mol. The topological polar surface area (TPSA) is 62.3 Å². The Hall–Kier alpha value is -1.55. The zero-order valence-corrected chi connectivity index (χ0v) is 12.6. The van der Waals surface area contributed by atoms with E-state index < -0.39 is 0 Å². The van der Waals surface area contributed by atoms with E-state index in [0.29, 0.717) is 0 Å². The van der Waals surface area contributed by atoms with Crippen molar-refractivity contribution in [3.05, 3.63) is 29.8 Å². The Labute approximate surface area is 126 Å². The van der Waals surface area contributed by atoms with Gasteiger partial charge < -0.3 is 10.5 Å². The van der Waals surface area contributed by atoms with Crippen LogP contribution in [-0.2, 0) is 0 Å². The SMILES string of the molecule is N=C(N)c1ccc(OCCN2CCCC3CCCC32)cc1. The summed E-state index contributed by atoms with van der Waals surface area (Å²) < 4.78 is 5.84. The number of benzene rings is 1. The molecule has 2 atom stereocenters. The van der Waals surface area contributed by atoms with Gasteiger partial charge >= 0.3 is 0 Å². The van der Waals surface area contributed by atoms with E-state index in [2.05, 4.69) is 4.90 Å². The normalized spacial score (nSPS) is 25.5. The lowest BCUT2D eigenvalue weighted by Crippen LogP contribution is -2.44. The Balaban J connectivity index is 1.48. The molecular formula is C17H25N3O. The first-order valence-electron chi connectivity index (χ1n) is 8.05. The average Bonchev–Trinajstić information content (AvgIpc) is 2.97. The molecule has 0 bridgehead atoms. The summed E-state index contributed by atoms with van der Waals surface area (Å²) in [6.45, 7) is 2.99. The fraction of sp³-hybridized carbons (Fsp3) is 0.588. The molecule has 1 aliphatic heterocycles. The third kappa shape index (κ3) is 3.38. The van der Waals surface area contributed by atoms with Crippen LogP contribution in [0.5, 0.6) is 5.75 Å². The molecule has 21 heavy (non-hydrogen) atoms. The van der Waals surface area contributed by atoms with E-state index in [9.17, 15) is 0 Å². The zero-order chi connectivity index (χ0) is 14.7. The molecule has 1 aliphatic carbocycles. The largest absolute Gasteiger partial charge is 0.492 e. The molecule has 1 heterocycles. The van der Waals surface area contributed by atoms with E-state index in [-0.39, 0.29) is 5.84 Å². The third-order valence-corrected chi connectivity index (χ3v) is 4.92. The molecule has 1 saturated heterocycles. The van der Waals surface area contributed by atoms with Gasteiger partial charge in [-0.05, 0) is 62.4 Å². The van der Waals surface area contributed by atoms with Crippen LogP contribution < -0.4 is 10.5 Å². The Morgan fingerprint density at radius 1 is 1.19 bits per heavy atom. The smallest absolute Gasteiger partial charge is 0.122 e. The van der Waals surface area contributed by atoms with Crippen molar-refractivity contribution in [2.45, 2.75) is 38.1 Å². The summed E-state index contributed by atoms with van der Waals surface area (Å²) in [5.41, 5.74) is 6.19. The highest BCUT2D eigenvalue weighted by atomic mass is 16.5. The molecule has 0 amide bonds.